The van der Waals surface area contributed by atoms with Crippen LogP contribution in [0.15, 0.2) is 24.4 Å². The number of benzene rings is 1. The van der Waals surface area contributed by atoms with Crippen LogP contribution in [0.1, 0.15) is 58.1 Å². The SMILES string of the molecule is Cc1ccc(Nc2ncc(C(=O)N3CCS(=O)(=O)CC3)c3c2C2CCC3C2)cc1Cl.Cl. The Morgan fingerprint density at radius 3 is 2.52 bits per heavy atom. The van der Waals surface area contributed by atoms with Gasteiger partial charge in [-0.1, -0.05) is 17.7 Å². The van der Waals surface area contributed by atoms with Gasteiger partial charge in [0.2, 0.25) is 0 Å². The highest BCUT2D eigenvalue weighted by molar-refractivity contribution is 7.91. The quantitative estimate of drug-likeness (QED) is 0.700. The Bertz CT molecular complexity index is 1140. The number of aromatic nitrogens is 1. The highest BCUT2D eigenvalue weighted by atomic mass is 35.5. The summed E-state index contributed by atoms with van der Waals surface area (Å²) in [5.41, 5.74) is 4.80. The molecule has 2 atom stereocenters. The van der Waals surface area contributed by atoms with Gasteiger partial charge in [0.25, 0.3) is 5.91 Å². The van der Waals surface area contributed by atoms with Crippen molar-refractivity contribution in [2.24, 2.45) is 0 Å². The summed E-state index contributed by atoms with van der Waals surface area (Å²) in [6.45, 7) is 2.48. The van der Waals surface area contributed by atoms with Crippen LogP contribution < -0.4 is 5.32 Å². The van der Waals surface area contributed by atoms with Gasteiger partial charge in [0.05, 0.1) is 17.1 Å². The van der Waals surface area contributed by atoms with Crippen molar-refractivity contribution in [3.05, 3.63) is 51.7 Å². The van der Waals surface area contributed by atoms with Gasteiger partial charge < -0.3 is 10.2 Å². The number of sulfone groups is 1. The van der Waals surface area contributed by atoms with E-state index in [2.05, 4.69) is 10.3 Å². The molecule has 2 unspecified atom stereocenters. The first-order valence-electron chi connectivity index (χ1n) is 10.4. The second-order valence-corrected chi connectivity index (χ2v) is 11.3. The molecule has 1 N–H and O–H groups in total. The molecule has 1 saturated carbocycles. The molecule has 5 rings (SSSR count). The number of hydrogen-bond donors (Lipinski definition) is 1. The Morgan fingerprint density at radius 2 is 1.84 bits per heavy atom. The number of aryl methyl sites for hydroxylation is 1. The number of halogens is 2. The van der Waals surface area contributed by atoms with E-state index in [1.807, 2.05) is 25.1 Å². The Hall–Kier alpha value is -1.83. The molecule has 1 saturated heterocycles. The van der Waals surface area contributed by atoms with Gasteiger partial charge in [0, 0.05) is 35.6 Å². The molecule has 3 aliphatic rings. The van der Waals surface area contributed by atoms with Crippen LogP contribution in [-0.4, -0.2) is 48.8 Å². The van der Waals surface area contributed by atoms with Gasteiger partial charge in [-0.15, -0.1) is 12.4 Å². The third-order valence-electron chi connectivity index (χ3n) is 6.70. The predicted molar refractivity (Wildman–Crippen MR) is 125 cm³/mol. The van der Waals surface area contributed by atoms with Gasteiger partial charge in [-0.2, -0.15) is 0 Å². The number of carbonyl (C=O) groups excluding carboxylic acids is 1. The van der Waals surface area contributed by atoms with Crippen LogP contribution in [0, 0.1) is 6.92 Å². The summed E-state index contributed by atoms with van der Waals surface area (Å²) in [4.78, 5) is 19.6. The van der Waals surface area contributed by atoms with Crippen LogP contribution in [0.4, 0.5) is 11.5 Å². The zero-order valence-electron chi connectivity index (χ0n) is 17.2. The summed E-state index contributed by atoms with van der Waals surface area (Å²) in [5, 5.41) is 4.11. The van der Waals surface area contributed by atoms with E-state index in [-0.39, 0.29) is 42.9 Å². The molecule has 9 heteroatoms. The maximum atomic E-state index is 13.3. The predicted octanol–water partition coefficient (Wildman–Crippen LogP) is 4.44. The van der Waals surface area contributed by atoms with E-state index in [1.54, 1.807) is 11.1 Å². The summed E-state index contributed by atoms with van der Waals surface area (Å²) in [7, 11) is -3.03. The number of nitrogens with zero attached hydrogens (tertiary/aromatic N) is 2. The monoisotopic (exact) mass is 481 g/mol. The van der Waals surface area contributed by atoms with E-state index in [0.717, 1.165) is 47.5 Å². The maximum Gasteiger partial charge on any atom is 0.255 e. The van der Waals surface area contributed by atoms with Crippen molar-refractivity contribution in [3.63, 3.8) is 0 Å². The summed E-state index contributed by atoms with van der Waals surface area (Å²) in [6, 6.07) is 5.85. The van der Waals surface area contributed by atoms with Gasteiger partial charge in [-0.3, -0.25) is 4.79 Å². The lowest BCUT2D eigenvalue weighted by Crippen LogP contribution is -2.44. The molecule has 2 fully saturated rings. The average Bonchev–Trinajstić information content (AvgIpc) is 3.33. The molecule has 2 aromatic rings. The molecular formula is C22H25Cl2N3O3S. The molecule has 2 heterocycles. The van der Waals surface area contributed by atoms with Crippen molar-refractivity contribution >= 4 is 51.3 Å². The number of nitrogens with one attached hydrogen (secondary N) is 1. The molecule has 6 nitrogen and oxygen atoms in total. The minimum atomic E-state index is -3.03. The summed E-state index contributed by atoms with van der Waals surface area (Å²) in [5.74, 6) is 1.57. The van der Waals surface area contributed by atoms with E-state index in [9.17, 15) is 13.2 Å². The van der Waals surface area contributed by atoms with Crippen molar-refractivity contribution in [1.82, 2.24) is 9.88 Å². The van der Waals surface area contributed by atoms with E-state index in [1.165, 1.54) is 0 Å². The van der Waals surface area contributed by atoms with Crippen molar-refractivity contribution < 1.29 is 13.2 Å². The van der Waals surface area contributed by atoms with Crippen molar-refractivity contribution in [3.8, 4) is 0 Å². The number of hydrogen-bond acceptors (Lipinski definition) is 5. The van der Waals surface area contributed by atoms with Crippen LogP contribution in [0.25, 0.3) is 0 Å². The fourth-order valence-corrected chi connectivity index (χ4v) is 6.44. The molecule has 31 heavy (non-hydrogen) atoms. The van der Waals surface area contributed by atoms with Gasteiger partial charge in [-0.25, -0.2) is 13.4 Å². The number of carbonyl (C=O) groups is 1. The van der Waals surface area contributed by atoms with Gasteiger partial charge in [-0.05, 0) is 61.3 Å². The lowest BCUT2D eigenvalue weighted by Gasteiger charge is -2.29. The maximum absolute atomic E-state index is 13.3. The molecule has 0 spiro atoms. The first-order valence-corrected chi connectivity index (χ1v) is 12.6. The van der Waals surface area contributed by atoms with Gasteiger partial charge in [0.15, 0.2) is 9.84 Å². The molecular weight excluding hydrogens is 457 g/mol. The lowest BCUT2D eigenvalue weighted by atomic mass is 9.88. The molecule has 2 aliphatic carbocycles. The zero-order chi connectivity index (χ0) is 21.0. The molecule has 0 radical (unpaired) electrons. The molecule has 1 aromatic heterocycles. The van der Waals surface area contributed by atoms with E-state index in [0.29, 0.717) is 22.4 Å². The van der Waals surface area contributed by atoms with Crippen molar-refractivity contribution in [1.29, 1.82) is 0 Å². The number of fused-ring (bicyclic) bond motifs is 5. The first kappa shape index (κ1) is 22.4. The highest BCUT2D eigenvalue weighted by Gasteiger charge is 2.42. The van der Waals surface area contributed by atoms with Gasteiger partial charge in [0.1, 0.15) is 5.82 Å². The van der Waals surface area contributed by atoms with Crippen LogP contribution in [0.3, 0.4) is 0 Å². The molecule has 1 amide bonds. The Labute approximate surface area is 193 Å². The number of amides is 1. The molecule has 166 valence electrons. The average molecular weight is 482 g/mol. The standard InChI is InChI=1S/C22H24ClN3O3S.ClH/c1-13-2-5-16(11-18(13)23)25-21-20-15-4-3-14(10-15)19(20)17(12-24-21)22(27)26-6-8-30(28,29)9-7-26;/h2,5,11-12,14-15H,3-4,6-10H2,1H3,(H,24,25);1H. The first-order chi connectivity index (χ1) is 14.3. The molecule has 1 aromatic carbocycles. The number of pyridine rings is 1. The number of rotatable bonds is 3. The second kappa shape index (κ2) is 8.26. The van der Waals surface area contributed by atoms with Crippen LogP contribution in [-0.2, 0) is 9.84 Å². The summed E-state index contributed by atoms with van der Waals surface area (Å²) in [6.07, 6.45) is 4.93. The highest BCUT2D eigenvalue weighted by Crippen LogP contribution is 2.56. The van der Waals surface area contributed by atoms with Crippen molar-refractivity contribution in [2.45, 2.75) is 38.0 Å². The van der Waals surface area contributed by atoms with Gasteiger partial charge >= 0.3 is 0 Å². The van der Waals surface area contributed by atoms with Crippen LogP contribution >= 0.6 is 24.0 Å². The third kappa shape index (κ3) is 4.03. The van der Waals surface area contributed by atoms with E-state index in [4.69, 9.17) is 11.6 Å². The third-order valence-corrected chi connectivity index (χ3v) is 8.72. The van der Waals surface area contributed by atoms with Crippen molar-refractivity contribution in [2.75, 3.05) is 29.9 Å². The Morgan fingerprint density at radius 1 is 1.16 bits per heavy atom. The Kier molecular flexibility index (Phi) is 5.96. The van der Waals surface area contributed by atoms with Crippen LogP contribution in [0.2, 0.25) is 5.02 Å². The summed E-state index contributed by atoms with van der Waals surface area (Å²) >= 11 is 6.28. The lowest BCUT2D eigenvalue weighted by molar-refractivity contribution is 0.0768. The zero-order valence-corrected chi connectivity index (χ0v) is 19.6. The minimum absolute atomic E-state index is 0. The largest absolute Gasteiger partial charge is 0.340 e. The number of anilines is 2. The minimum Gasteiger partial charge on any atom is -0.340 e. The smallest absolute Gasteiger partial charge is 0.255 e. The fraction of sp³-hybridized carbons (Fsp3) is 0.455. The normalized spacial score (nSPS) is 23.2. The molecule has 2 bridgehead atoms. The fourth-order valence-electron chi connectivity index (χ4n) is 5.06. The summed E-state index contributed by atoms with van der Waals surface area (Å²) < 4.78 is 23.5. The Balaban J connectivity index is 0.00000231. The topological polar surface area (TPSA) is 79.4 Å². The van der Waals surface area contributed by atoms with E-state index >= 15 is 0 Å². The second-order valence-electron chi connectivity index (χ2n) is 8.59. The van der Waals surface area contributed by atoms with E-state index < -0.39 is 9.84 Å². The molecule has 1 aliphatic heterocycles. The van der Waals surface area contributed by atoms with Crippen LogP contribution in [0.5, 0.6) is 0 Å².